The van der Waals surface area contributed by atoms with Gasteiger partial charge in [0.25, 0.3) is 0 Å². The van der Waals surface area contributed by atoms with Gasteiger partial charge in [0.05, 0.1) is 20.3 Å². The quantitative estimate of drug-likeness (QED) is 0.0805. The zero-order valence-corrected chi connectivity index (χ0v) is 32.4. The molecule has 0 saturated carbocycles. The van der Waals surface area contributed by atoms with Crippen LogP contribution in [0.2, 0.25) is 0 Å². The molecule has 1 heterocycles. The summed E-state index contributed by atoms with van der Waals surface area (Å²) in [7, 11) is 2.95. The van der Waals surface area contributed by atoms with Crippen LogP contribution in [0.3, 0.4) is 0 Å². The predicted octanol–water partition coefficient (Wildman–Crippen LogP) is 8.10. The van der Waals surface area contributed by atoms with Crippen LogP contribution in [-0.4, -0.2) is 79.0 Å². The van der Waals surface area contributed by atoms with Crippen molar-refractivity contribution in [1.29, 1.82) is 0 Å². The number of anilines is 2. The van der Waals surface area contributed by atoms with Crippen molar-refractivity contribution in [3.63, 3.8) is 0 Å². The Morgan fingerprint density at radius 1 is 1.02 bits per heavy atom. The fraction of sp³-hybridized carbons (Fsp3) is 0.647. The molecule has 2 aromatic carbocycles. The largest absolute Gasteiger partial charge is 0.496 e. The van der Waals surface area contributed by atoms with E-state index in [9.17, 15) is 4.57 Å². The molecule has 1 saturated heterocycles. The number of morpholine rings is 1. The number of aryl methyl sites for hydroxylation is 1. The number of ether oxygens (including phenoxy) is 2. The van der Waals surface area contributed by atoms with Crippen molar-refractivity contribution in [1.82, 2.24) is 5.32 Å². The number of alkyl halides is 1. The lowest BCUT2D eigenvalue weighted by atomic mass is 10.2. The average Bonchev–Trinajstić information content (AvgIpc) is 3.03. The van der Waals surface area contributed by atoms with Crippen molar-refractivity contribution >= 4 is 47.2 Å². The van der Waals surface area contributed by atoms with Crippen LogP contribution in [0.15, 0.2) is 41.3 Å². The van der Waals surface area contributed by atoms with Gasteiger partial charge >= 0.3 is 0 Å². The normalized spacial score (nSPS) is 11.9. The van der Waals surface area contributed by atoms with Crippen molar-refractivity contribution < 1.29 is 14.0 Å². The number of rotatable bonds is 9. The molecule has 1 fully saturated rings. The molecule has 2 aromatic rings. The van der Waals surface area contributed by atoms with E-state index in [0.717, 1.165) is 55.2 Å². The minimum Gasteiger partial charge on any atom is -0.496 e. The van der Waals surface area contributed by atoms with Gasteiger partial charge in [-0.05, 0) is 77.1 Å². The highest BCUT2D eigenvalue weighted by Crippen LogP contribution is 2.36. The minimum atomic E-state index is -2.16. The highest BCUT2D eigenvalue weighted by molar-refractivity contribution is 8.00. The maximum absolute atomic E-state index is 11.7. The molecular weight excluding hydrogens is 611 g/mol. The van der Waals surface area contributed by atoms with E-state index in [0.29, 0.717) is 5.25 Å². The zero-order chi connectivity index (χ0) is 34.6. The van der Waals surface area contributed by atoms with Crippen LogP contribution >= 0.6 is 30.5 Å². The third-order valence-electron chi connectivity index (χ3n) is 6.03. The van der Waals surface area contributed by atoms with E-state index in [4.69, 9.17) is 15.2 Å². The Morgan fingerprint density at radius 3 is 2.00 bits per heavy atom. The molecule has 3 rings (SSSR count). The summed E-state index contributed by atoms with van der Waals surface area (Å²) in [6.07, 6.45) is 6.71. The monoisotopic (exact) mass is 676 g/mol. The molecule has 258 valence electrons. The molecule has 0 atom stereocenters. The predicted molar refractivity (Wildman–Crippen MR) is 203 cm³/mol. The number of nitrogens with zero attached hydrogens (tertiary/aromatic N) is 1. The fourth-order valence-electron chi connectivity index (χ4n) is 3.39. The van der Waals surface area contributed by atoms with Crippen molar-refractivity contribution in [2.75, 3.05) is 84.4 Å². The Balaban J connectivity index is -0.000000549. The third-order valence-corrected chi connectivity index (χ3v) is 8.63. The molecule has 10 heteroatoms. The minimum absolute atomic E-state index is 0.553. The molecule has 7 nitrogen and oxygen atoms in total. The van der Waals surface area contributed by atoms with Gasteiger partial charge in [-0.25, -0.2) is 0 Å². The Morgan fingerprint density at radius 2 is 1.59 bits per heavy atom. The van der Waals surface area contributed by atoms with Gasteiger partial charge in [-0.3, -0.25) is 0 Å². The maximum Gasteiger partial charge on any atom is 0.122 e. The van der Waals surface area contributed by atoms with Crippen molar-refractivity contribution in [3.05, 3.63) is 42.0 Å². The van der Waals surface area contributed by atoms with E-state index < -0.39 is 7.14 Å². The standard InChI is InChI=1S/C13H20N2OS.C10H15O2P.C5H13N.C4H10.CH3Cl.CH5N/c1-10(2)17-13-9-11(3-4-12(13)14)15-5-7-16-8-6-15;1-8-5-6-9(13(3,4)11)7-10(8)12-2;1-3-4-5-6-2;1-3-4-2;2*1-2/h3-4,9-10H,5-8,14H2,1-2H3;5-7H,1-4H3;6H,3-5H2,1-2H3;3-4H2,1-2H3;1H3;2H2,1H3. The molecule has 0 radical (unpaired) electrons. The zero-order valence-electron chi connectivity index (χ0n) is 30.0. The maximum atomic E-state index is 11.7. The van der Waals surface area contributed by atoms with E-state index in [1.54, 1.807) is 20.4 Å². The third kappa shape index (κ3) is 23.0. The number of halogens is 1. The highest BCUT2D eigenvalue weighted by Gasteiger charge is 2.14. The summed E-state index contributed by atoms with van der Waals surface area (Å²) in [5, 5.41) is 4.49. The average molecular weight is 677 g/mol. The molecule has 0 amide bonds. The number of unbranched alkanes of at least 4 members (excludes halogenated alkanes) is 2. The van der Waals surface area contributed by atoms with E-state index in [2.05, 4.69) is 74.3 Å². The molecule has 1 aliphatic heterocycles. The van der Waals surface area contributed by atoms with Gasteiger partial charge in [-0.1, -0.05) is 66.0 Å². The van der Waals surface area contributed by atoms with Crippen molar-refractivity contribution in [3.8, 4) is 5.75 Å². The number of benzene rings is 2. The Bertz CT molecular complexity index is 981. The van der Waals surface area contributed by atoms with Crippen LogP contribution in [0.1, 0.15) is 65.9 Å². The van der Waals surface area contributed by atoms with E-state index in [1.807, 2.05) is 50.0 Å². The number of nitrogens with two attached hydrogens (primary N) is 2. The molecule has 0 bridgehead atoms. The van der Waals surface area contributed by atoms with Gasteiger partial charge in [0, 0.05) is 46.3 Å². The SMILES string of the molecule is CC(C)Sc1cc(N2CCOCC2)ccc1N.CCCC.CCCCNC.CCl.CN.COc1cc(P(C)(C)=O)ccc1C. The van der Waals surface area contributed by atoms with Gasteiger partial charge in [0.2, 0.25) is 0 Å². The second-order valence-corrected chi connectivity index (χ2v) is 15.3. The molecule has 0 unspecified atom stereocenters. The molecule has 1 aliphatic rings. The lowest BCUT2D eigenvalue weighted by Crippen LogP contribution is -2.36. The van der Waals surface area contributed by atoms with E-state index in [1.165, 1.54) is 49.7 Å². The van der Waals surface area contributed by atoms with Gasteiger partial charge in [-0.2, -0.15) is 0 Å². The van der Waals surface area contributed by atoms with Gasteiger partial charge in [-0.15, -0.1) is 23.4 Å². The lowest BCUT2D eigenvalue weighted by Gasteiger charge is -2.29. The van der Waals surface area contributed by atoms with Crippen LogP contribution in [0.25, 0.3) is 0 Å². The first-order valence-corrected chi connectivity index (χ1v) is 19.9. The van der Waals surface area contributed by atoms with Crippen LogP contribution in [0, 0.1) is 6.92 Å². The number of methoxy groups -OCH3 is 1. The molecule has 0 aromatic heterocycles. The summed E-state index contributed by atoms with van der Waals surface area (Å²) in [4.78, 5) is 3.54. The first-order valence-electron chi connectivity index (χ1n) is 15.6. The smallest absolute Gasteiger partial charge is 0.122 e. The number of thioether (sulfide) groups is 1. The summed E-state index contributed by atoms with van der Waals surface area (Å²) in [5.74, 6) is 0.807. The highest BCUT2D eigenvalue weighted by atomic mass is 35.5. The fourth-order valence-corrected chi connectivity index (χ4v) is 5.16. The summed E-state index contributed by atoms with van der Waals surface area (Å²) >= 11 is 6.46. The number of nitrogen functional groups attached to an aromatic ring is 1. The second kappa shape index (κ2) is 30.3. The summed E-state index contributed by atoms with van der Waals surface area (Å²) < 4.78 is 22.3. The summed E-state index contributed by atoms with van der Waals surface area (Å²) in [6.45, 7) is 21.2. The van der Waals surface area contributed by atoms with E-state index >= 15 is 0 Å². The van der Waals surface area contributed by atoms with E-state index in [-0.39, 0.29) is 0 Å². The van der Waals surface area contributed by atoms with Crippen LogP contribution in [0.4, 0.5) is 11.4 Å². The Labute approximate surface area is 280 Å². The van der Waals surface area contributed by atoms with Gasteiger partial charge in [0.1, 0.15) is 12.9 Å². The molecule has 44 heavy (non-hydrogen) atoms. The lowest BCUT2D eigenvalue weighted by molar-refractivity contribution is 0.122. The Hall–Kier alpha value is -1.41. The summed E-state index contributed by atoms with van der Waals surface area (Å²) in [6, 6.07) is 12.0. The topological polar surface area (TPSA) is 103 Å². The number of nitrogens with one attached hydrogen (secondary N) is 1. The van der Waals surface area contributed by atoms with Crippen molar-refractivity contribution in [2.24, 2.45) is 5.73 Å². The number of hydrogen-bond donors (Lipinski definition) is 3. The van der Waals surface area contributed by atoms with Gasteiger partial charge in [0.15, 0.2) is 0 Å². The van der Waals surface area contributed by atoms with Crippen molar-refractivity contribution in [2.45, 2.75) is 77.4 Å². The molecule has 5 N–H and O–H groups in total. The number of hydrogen-bond acceptors (Lipinski definition) is 8. The van der Waals surface area contributed by atoms with Gasteiger partial charge < -0.3 is 35.7 Å². The Kier molecular flexibility index (Phi) is 32.3. The molecule has 0 aliphatic carbocycles. The molecule has 0 spiro atoms. The summed E-state index contributed by atoms with van der Waals surface area (Å²) in [5.41, 5.74) is 13.7. The van der Waals surface area contributed by atoms with Crippen LogP contribution in [0.5, 0.6) is 5.75 Å². The van der Waals surface area contributed by atoms with Crippen LogP contribution in [-0.2, 0) is 9.30 Å². The first-order chi connectivity index (χ1) is 20.9. The second-order valence-electron chi connectivity index (χ2n) is 10.5. The van der Waals surface area contributed by atoms with Crippen LogP contribution < -0.4 is 31.7 Å². The molecular formula is C34H66ClN4O3PS. The first kappa shape index (κ1) is 47.0.